The van der Waals surface area contributed by atoms with E-state index in [2.05, 4.69) is 10.6 Å². The Morgan fingerprint density at radius 2 is 0.604 bits per heavy atom. The number of carbonyl (C=O) groups is 1. The van der Waals surface area contributed by atoms with Crippen molar-refractivity contribution in [2.75, 3.05) is 21.3 Å². The molecule has 0 aliphatic rings. The molecule has 6 aromatic carbocycles. The Morgan fingerprint density at radius 1 is 0.375 bits per heavy atom. The molecule has 0 spiro atoms. The van der Waals surface area contributed by atoms with Gasteiger partial charge in [-0.3, -0.25) is 0 Å². The summed E-state index contributed by atoms with van der Waals surface area (Å²) in [4.78, 5) is 15.0. The van der Waals surface area contributed by atoms with Crippen molar-refractivity contribution >= 4 is 6.03 Å². The SMILES string of the molecule is COc1ccc(C(NC(=O)NC(c2ccccc2)(c2ccccc2)c2ccccc2)(c2ccc(OC)cc2)c2ccc(OC)cc2)cc1. The lowest BCUT2D eigenvalue weighted by molar-refractivity contribution is 0.227. The number of amides is 2. The lowest BCUT2D eigenvalue weighted by Gasteiger charge is -2.41. The average molecular weight is 635 g/mol. The number of rotatable bonds is 11. The van der Waals surface area contributed by atoms with Crippen LogP contribution in [0.3, 0.4) is 0 Å². The van der Waals surface area contributed by atoms with Gasteiger partial charge in [0, 0.05) is 0 Å². The first-order chi connectivity index (χ1) is 23.5. The zero-order valence-electron chi connectivity index (χ0n) is 27.2. The van der Waals surface area contributed by atoms with E-state index in [1.54, 1.807) is 21.3 Å². The van der Waals surface area contributed by atoms with Gasteiger partial charge in [0.15, 0.2) is 0 Å². The summed E-state index contributed by atoms with van der Waals surface area (Å²) >= 11 is 0. The molecule has 0 unspecified atom stereocenters. The molecule has 0 aliphatic heterocycles. The first-order valence-electron chi connectivity index (χ1n) is 15.7. The van der Waals surface area contributed by atoms with Crippen molar-refractivity contribution in [1.82, 2.24) is 10.6 Å². The van der Waals surface area contributed by atoms with Gasteiger partial charge in [0.2, 0.25) is 0 Å². The molecular formula is C42H38N2O4. The van der Waals surface area contributed by atoms with E-state index in [0.717, 1.165) is 33.4 Å². The van der Waals surface area contributed by atoms with Gasteiger partial charge in [-0.15, -0.1) is 0 Å². The fraction of sp³-hybridized carbons (Fsp3) is 0.119. The third-order valence-corrected chi connectivity index (χ3v) is 8.79. The Bertz CT molecular complexity index is 1700. The van der Waals surface area contributed by atoms with Crippen LogP contribution >= 0.6 is 0 Å². The Balaban J connectivity index is 1.57. The van der Waals surface area contributed by atoms with E-state index in [1.807, 2.05) is 164 Å². The molecule has 6 nitrogen and oxygen atoms in total. The van der Waals surface area contributed by atoms with Gasteiger partial charge in [-0.1, -0.05) is 127 Å². The fourth-order valence-electron chi connectivity index (χ4n) is 6.39. The van der Waals surface area contributed by atoms with E-state index >= 15 is 0 Å². The molecule has 0 heterocycles. The normalized spacial score (nSPS) is 11.3. The van der Waals surface area contributed by atoms with Crippen molar-refractivity contribution in [3.05, 3.63) is 197 Å². The molecule has 0 saturated heterocycles. The van der Waals surface area contributed by atoms with E-state index < -0.39 is 11.1 Å². The smallest absolute Gasteiger partial charge is 0.317 e. The van der Waals surface area contributed by atoms with Gasteiger partial charge in [0.05, 0.1) is 21.3 Å². The van der Waals surface area contributed by atoms with Gasteiger partial charge < -0.3 is 24.8 Å². The van der Waals surface area contributed by atoms with Gasteiger partial charge >= 0.3 is 6.03 Å². The largest absolute Gasteiger partial charge is 0.497 e. The molecule has 2 N–H and O–H groups in total. The number of hydrogen-bond donors (Lipinski definition) is 2. The Labute approximate surface area is 282 Å². The summed E-state index contributed by atoms with van der Waals surface area (Å²) in [5.41, 5.74) is 3.07. The third kappa shape index (κ3) is 6.08. The van der Waals surface area contributed by atoms with Crippen LogP contribution in [0.15, 0.2) is 164 Å². The van der Waals surface area contributed by atoms with Gasteiger partial charge in [-0.25, -0.2) is 4.79 Å². The zero-order chi connectivity index (χ0) is 33.4. The minimum atomic E-state index is -1.15. The molecule has 0 saturated carbocycles. The van der Waals surface area contributed by atoms with Crippen molar-refractivity contribution in [3.63, 3.8) is 0 Å². The Morgan fingerprint density at radius 3 is 0.833 bits per heavy atom. The van der Waals surface area contributed by atoms with Crippen LogP contribution < -0.4 is 24.8 Å². The molecule has 240 valence electrons. The van der Waals surface area contributed by atoms with Crippen LogP contribution in [0.1, 0.15) is 33.4 Å². The topological polar surface area (TPSA) is 68.8 Å². The molecule has 6 aromatic rings. The number of urea groups is 1. The third-order valence-electron chi connectivity index (χ3n) is 8.79. The zero-order valence-corrected chi connectivity index (χ0v) is 27.2. The minimum Gasteiger partial charge on any atom is -0.497 e. The molecule has 0 aliphatic carbocycles. The summed E-state index contributed by atoms with van der Waals surface area (Å²) in [6.45, 7) is 0. The number of ether oxygens (including phenoxy) is 3. The maximum absolute atomic E-state index is 15.0. The molecule has 0 atom stereocenters. The molecule has 0 aromatic heterocycles. The molecule has 0 fully saturated rings. The van der Waals surface area contributed by atoms with Crippen LogP contribution in [-0.4, -0.2) is 27.4 Å². The van der Waals surface area contributed by atoms with E-state index in [1.165, 1.54) is 0 Å². The first kappa shape index (κ1) is 32.0. The summed E-state index contributed by atoms with van der Waals surface area (Å²) in [6, 6.07) is 53.1. The van der Waals surface area contributed by atoms with E-state index in [9.17, 15) is 4.79 Å². The predicted octanol–water partition coefficient (Wildman–Crippen LogP) is 8.30. The summed E-state index contributed by atoms with van der Waals surface area (Å²) < 4.78 is 16.5. The van der Waals surface area contributed by atoms with Crippen molar-refractivity contribution in [1.29, 1.82) is 0 Å². The number of nitrogens with one attached hydrogen (secondary N) is 2. The van der Waals surface area contributed by atoms with Gasteiger partial charge in [-0.05, 0) is 69.8 Å². The van der Waals surface area contributed by atoms with Crippen molar-refractivity contribution in [3.8, 4) is 17.2 Å². The maximum Gasteiger partial charge on any atom is 0.317 e. The second kappa shape index (κ2) is 14.2. The summed E-state index contributed by atoms with van der Waals surface area (Å²) in [5, 5.41) is 6.97. The van der Waals surface area contributed by atoms with Gasteiger partial charge in [0.25, 0.3) is 0 Å². The standard InChI is InChI=1S/C42H38N2O4/c1-46-37-25-19-34(20-26-37)42(35-21-27-38(47-2)28-22-35,36-23-29-39(48-3)30-24-36)44-40(45)43-41(31-13-7-4-8-14-31,32-15-9-5-10-16-32)33-17-11-6-12-18-33/h4-30H,1-3H3,(H2,43,44,45). The Kier molecular flexibility index (Phi) is 9.44. The van der Waals surface area contributed by atoms with Gasteiger partial charge in [-0.2, -0.15) is 0 Å². The van der Waals surface area contributed by atoms with Crippen LogP contribution in [0.2, 0.25) is 0 Å². The van der Waals surface area contributed by atoms with Crippen LogP contribution in [0.5, 0.6) is 17.2 Å². The van der Waals surface area contributed by atoms with Crippen LogP contribution in [0.25, 0.3) is 0 Å². The van der Waals surface area contributed by atoms with E-state index in [0.29, 0.717) is 17.2 Å². The Hall–Kier alpha value is -6.01. The highest BCUT2D eigenvalue weighted by Crippen LogP contribution is 2.41. The molecule has 48 heavy (non-hydrogen) atoms. The molecule has 6 heteroatoms. The quantitative estimate of drug-likeness (QED) is 0.141. The van der Waals surface area contributed by atoms with Crippen molar-refractivity contribution in [2.45, 2.75) is 11.1 Å². The highest BCUT2D eigenvalue weighted by Gasteiger charge is 2.42. The number of methoxy groups -OCH3 is 3. The van der Waals surface area contributed by atoms with Crippen molar-refractivity contribution in [2.24, 2.45) is 0 Å². The predicted molar refractivity (Wildman–Crippen MR) is 190 cm³/mol. The number of benzene rings is 6. The van der Waals surface area contributed by atoms with Crippen LogP contribution in [0.4, 0.5) is 4.79 Å². The second-order valence-corrected chi connectivity index (χ2v) is 11.4. The molecule has 0 radical (unpaired) electrons. The van der Waals surface area contributed by atoms with Gasteiger partial charge in [0.1, 0.15) is 28.3 Å². The molecule has 2 amide bonds. The summed E-state index contributed by atoms with van der Waals surface area (Å²) in [5.74, 6) is 2.12. The second-order valence-electron chi connectivity index (χ2n) is 11.4. The summed E-state index contributed by atoms with van der Waals surface area (Å²) in [7, 11) is 4.91. The lowest BCUT2D eigenvalue weighted by atomic mass is 9.76. The van der Waals surface area contributed by atoms with E-state index in [4.69, 9.17) is 14.2 Å². The van der Waals surface area contributed by atoms with Crippen LogP contribution in [0, 0.1) is 0 Å². The van der Waals surface area contributed by atoms with Crippen molar-refractivity contribution < 1.29 is 19.0 Å². The number of carbonyl (C=O) groups excluding carboxylic acids is 1. The van der Waals surface area contributed by atoms with Crippen LogP contribution in [-0.2, 0) is 11.1 Å². The fourth-order valence-corrected chi connectivity index (χ4v) is 6.39. The molecule has 0 bridgehead atoms. The van der Waals surface area contributed by atoms with E-state index in [-0.39, 0.29) is 6.03 Å². The molecular weight excluding hydrogens is 596 g/mol. The number of hydrogen-bond acceptors (Lipinski definition) is 4. The summed E-state index contributed by atoms with van der Waals surface area (Å²) in [6.07, 6.45) is 0. The minimum absolute atomic E-state index is 0.381. The monoisotopic (exact) mass is 634 g/mol. The highest BCUT2D eigenvalue weighted by molar-refractivity contribution is 5.80. The average Bonchev–Trinajstić information content (AvgIpc) is 3.17. The first-order valence-corrected chi connectivity index (χ1v) is 15.7. The highest BCUT2D eigenvalue weighted by atomic mass is 16.5. The lowest BCUT2D eigenvalue weighted by Crippen LogP contribution is -2.57. The maximum atomic E-state index is 15.0. The molecule has 6 rings (SSSR count).